The van der Waals surface area contributed by atoms with Crippen molar-refractivity contribution in [2.24, 2.45) is 0 Å². The molecule has 0 aliphatic carbocycles. The van der Waals surface area contributed by atoms with Gasteiger partial charge in [-0.15, -0.1) is 0 Å². The Kier molecular flexibility index (Phi) is 5.89. The summed E-state index contributed by atoms with van der Waals surface area (Å²) in [7, 11) is 1.46. The minimum absolute atomic E-state index is 0.0584. The quantitative estimate of drug-likeness (QED) is 0.489. The number of ether oxygens (including phenoxy) is 1. The summed E-state index contributed by atoms with van der Waals surface area (Å²) in [5.74, 6) is -0.0799. The summed E-state index contributed by atoms with van der Waals surface area (Å²) in [5.41, 5.74) is 0.805. The maximum atomic E-state index is 12.4. The average Bonchev–Trinajstić information content (AvgIpc) is 2.70. The van der Waals surface area contributed by atoms with E-state index in [1.54, 1.807) is 12.1 Å². The van der Waals surface area contributed by atoms with E-state index in [4.69, 9.17) is 16.3 Å². The first-order valence-electron chi connectivity index (χ1n) is 8.34. The molecule has 0 radical (unpaired) electrons. The molecule has 29 heavy (non-hydrogen) atoms. The monoisotopic (exact) mass is 414 g/mol. The molecule has 9 nitrogen and oxygen atoms in total. The molecule has 1 aromatic heterocycles. The Hall–Kier alpha value is -3.72. The molecular weight excluding hydrogens is 400 g/mol. The lowest BCUT2D eigenvalue weighted by atomic mass is 10.1. The minimum Gasteiger partial charge on any atom is -0.495 e. The van der Waals surface area contributed by atoms with Crippen LogP contribution in [0.15, 0.2) is 59.4 Å². The van der Waals surface area contributed by atoms with Crippen molar-refractivity contribution in [3.63, 3.8) is 0 Å². The Morgan fingerprint density at radius 1 is 1.21 bits per heavy atom. The van der Waals surface area contributed by atoms with E-state index in [0.717, 1.165) is 4.68 Å². The molecule has 0 spiro atoms. The average molecular weight is 415 g/mol. The van der Waals surface area contributed by atoms with Gasteiger partial charge in [-0.25, -0.2) is 4.68 Å². The Morgan fingerprint density at radius 2 is 1.93 bits per heavy atom. The van der Waals surface area contributed by atoms with Crippen molar-refractivity contribution in [1.29, 1.82) is 0 Å². The molecule has 0 aliphatic rings. The highest BCUT2D eigenvalue weighted by atomic mass is 35.5. The maximum Gasteiger partial charge on any atom is 0.269 e. The van der Waals surface area contributed by atoms with Gasteiger partial charge in [-0.2, -0.15) is 5.10 Å². The summed E-state index contributed by atoms with van der Waals surface area (Å²) in [6.45, 7) is -0.338. The van der Waals surface area contributed by atoms with E-state index in [1.165, 1.54) is 49.6 Å². The van der Waals surface area contributed by atoms with E-state index >= 15 is 0 Å². The highest BCUT2D eigenvalue weighted by Gasteiger charge is 2.12. The minimum atomic E-state index is -0.507. The van der Waals surface area contributed by atoms with Crippen molar-refractivity contribution in [1.82, 2.24) is 9.78 Å². The second kappa shape index (κ2) is 8.53. The summed E-state index contributed by atoms with van der Waals surface area (Å²) in [4.78, 5) is 34.8. The van der Waals surface area contributed by atoms with Crippen LogP contribution in [-0.2, 0) is 11.3 Å². The van der Waals surface area contributed by atoms with Gasteiger partial charge in [0, 0.05) is 28.8 Å². The number of benzene rings is 2. The highest BCUT2D eigenvalue weighted by molar-refractivity contribution is 6.31. The first-order valence-corrected chi connectivity index (χ1v) is 8.71. The predicted octanol–water partition coefficient (Wildman–Crippen LogP) is 3.12. The molecule has 3 rings (SSSR count). The largest absolute Gasteiger partial charge is 0.495 e. The molecule has 0 fully saturated rings. The molecule has 0 saturated heterocycles. The van der Waals surface area contributed by atoms with Crippen LogP contribution in [0, 0.1) is 10.1 Å². The van der Waals surface area contributed by atoms with Crippen LogP contribution in [0.25, 0.3) is 11.3 Å². The smallest absolute Gasteiger partial charge is 0.269 e. The number of rotatable bonds is 6. The Balaban J connectivity index is 1.81. The fourth-order valence-electron chi connectivity index (χ4n) is 2.57. The van der Waals surface area contributed by atoms with E-state index in [1.807, 2.05) is 0 Å². The third-order valence-electron chi connectivity index (χ3n) is 3.97. The van der Waals surface area contributed by atoms with Crippen molar-refractivity contribution >= 4 is 28.9 Å². The van der Waals surface area contributed by atoms with E-state index in [9.17, 15) is 19.7 Å². The van der Waals surface area contributed by atoms with Crippen LogP contribution in [0.3, 0.4) is 0 Å². The molecule has 1 N–H and O–H groups in total. The molecular formula is C19H15ClN4O5. The van der Waals surface area contributed by atoms with Crippen molar-refractivity contribution in [3.05, 3.63) is 80.1 Å². The number of anilines is 1. The van der Waals surface area contributed by atoms with Crippen molar-refractivity contribution < 1.29 is 14.5 Å². The van der Waals surface area contributed by atoms with Crippen LogP contribution in [-0.4, -0.2) is 27.7 Å². The van der Waals surface area contributed by atoms with Gasteiger partial charge in [0.05, 0.1) is 23.4 Å². The predicted molar refractivity (Wildman–Crippen MR) is 107 cm³/mol. The number of aromatic nitrogens is 2. The topological polar surface area (TPSA) is 116 Å². The molecule has 1 heterocycles. The van der Waals surface area contributed by atoms with Crippen LogP contribution in [0.1, 0.15) is 0 Å². The Morgan fingerprint density at radius 3 is 2.59 bits per heavy atom. The van der Waals surface area contributed by atoms with Gasteiger partial charge in [-0.1, -0.05) is 11.6 Å². The fourth-order valence-corrected chi connectivity index (χ4v) is 2.75. The lowest BCUT2D eigenvalue weighted by Crippen LogP contribution is -2.29. The summed E-state index contributed by atoms with van der Waals surface area (Å²) in [6.07, 6.45) is 0. The number of methoxy groups -OCH3 is 1. The Bertz CT molecular complexity index is 1130. The summed E-state index contributed by atoms with van der Waals surface area (Å²) in [5, 5.41) is 18.0. The first-order chi connectivity index (χ1) is 13.9. The number of nitro groups is 1. The number of hydrogen-bond donors (Lipinski definition) is 1. The second-order valence-electron chi connectivity index (χ2n) is 5.91. The lowest BCUT2D eigenvalue weighted by molar-refractivity contribution is -0.384. The molecule has 10 heteroatoms. The number of nitro benzene ring substituents is 1. The normalized spacial score (nSPS) is 10.4. The number of amides is 1. The van der Waals surface area contributed by atoms with E-state index in [-0.39, 0.29) is 12.2 Å². The molecule has 0 saturated carbocycles. The zero-order valence-corrected chi connectivity index (χ0v) is 15.9. The van der Waals surface area contributed by atoms with Crippen molar-refractivity contribution in [3.8, 4) is 17.0 Å². The lowest BCUT2D eigenvalue weighted by Gasteiger charge is -2.11. The standard InChI is InChI=1S/C19H15ClN4O5/c1-29-17-8-4-13(20)10-16(17)21-18(25)11-23-19(26)9-7-15(22-23)12-2-5-14(6-3-12)24(27)28/h2-10H,11H2,1H3,(H,21,25). The van der Waals surface area contributed by atoms with Crippen molar-refractivity contribution in [2.75, 3.05) is 12.4 Å². The molecule has 2 aromatic carbocycles. The zero-order chi connectivity index (χ0) is 21.0. The van der Waals surface area contributed by atoms with Crippen LogP contribution < -0.4 is 15.6 Å². The zero-order valence-electron chi connectivity index (χ0n) is 15.2. The Labute approximate surface area is 169 Å². The second-order valence-corrected chi connectivity index (χ2v) is 6.35. The number of nitrogens with zero attached hydrogens (tertiary/aromatic N) is 3. The molecule has 148 valence electrons. The van der Waals surface area contributed by atoms with Gasteiger partial charge in [0.1, 0.15) is 12.3 Å². The SMILES string of the molecule is COc1ccc(Cl)cc1NC(=O)Cn1nc(-c2ccc([N+](=O)[O-])cc2)ccc1=O. The van der Waals surface area contributed by atoms with Gasteiger partial charge in [-0.3, -0.25) is 19.7 Å². The molecule has 0 bridgehead atoms. The van der Waals surface area contributed by atoms with Crippen LogP contribution in [0.5, 0.6) is 5.75 Å². The van der Waals surface area contributed by atoms with Crippen LogP contribution in [0.2, 0.25) is 5.02 Å². The third kappa shape index (κ3) is 4.77. The van der Waals surface area contributed by atoms with Gasteiger partial charge >= 0.3 is 0 Å². The number of nitrogens with one attached hydrogen (secondary N) is 1. The van der Waals surface area contributed by atoms with Gasteiger partial charge in [-0.05, 0) is 36.4 Å². The molecule has 0 atom stereocenters. The number of carbonyl (C=O) groups excluding carboxylic acids is 1. The molecule has 0 aliphatic heterocycles. The van der Waals surface area contributed by atoms with Crippen LogP contribution in [0.4, 0.5) is 11.4 Å². The first kappa shape index (κ1) is 20.0. The summed E-state index contributed by atoms with van der Waals surface area (Å²) >= 11 is 5.95. The number of carbonyl (C=O) groups is 1. The van der Waals surface area contributed by atoms with E-state index in [2.05, 4.69) is 10.4 Å². The molecule has 1 amide bonds. The number of hydrogen-bond acceptors (Lipinski definition) is 6. The van der Waals surface area contributed by atoms with Gasteiger partial charge in [0.25, 0.3) is 11.2 Å². The summed E-state index contributed by atoms with van der Waals surface area (Å²) < 4.78 is 6.18. The van der Waals surface area contributed by atoms with Crippen LogP contribution >= 0.6 is 11.6 Å². The number of halogens is 1. The van der Waals surface area contributed by atoms with E-state index < -0.39 is 16.4 Å². The molecule has 3 aromatic rings. The highest BCUT2D eigenvalue weighted by Crippen LogP contribution is 2.27. The number of non-ortho nitro benzene ring substituents is 1. The van der Waals surface area contributed by atoms with E-state index in [0.29, 0.717) is 27.7 Å². The summed E-state index contributed by atoms with van der Waals surface area (Å²) in [6, 6.07) is 13.2. The molecule has 0 unspecified atom stereocenters. The van der Waals surface area contributed by atoms with Gasteiger partial charge in [0.2, 0.25) is 5.91 Å². The van der Waals surface area contributed by atoms with Gasteiger partial charge in [0.15, 0.2) is 0 Å². The van der Waals surface area contributed by atoms with Gasteiger partial charge < -0.3 is 10.1 Å². The fraction of sp³-hybridized carbons (Fsp3) is 0.105. The van der Waals surface area contributed by atoms with Crippen molar-refractivity contribution in [2.45, 2.75) is 6.54 Å². The third-order valence-corrected chi connectivity index (χ3v) is 4.20. The maximum absolute atomic E-state index is 12.4.